The van der Waals surface area contributed by atoms with E-state index in [1.807, 2.05) is 13.0 Å². The Morgan fingerprint density at radius 1 is 0.941 bits per heavy atom. The number of carbonyl (C=O) groups is 1. The summed E-state index contributed by atoms with van der Waals surface area (Å²) in [6.07, 6.45) is 23.8. The Bertz CT molecular complexity index is 624. The Morgan fingerprint density at radius 3 is 2.15 bits per heavy atom. The molecule has 0 saturated heterocycles. The van der Waals surface area contributed by atoms with Crippen molar-refractivity contribution in [1.82, 2.24) is 0 Å². The standard InChI is InChI=1S/C26H48NO6P/c1-24-19-17-15-13-11-9-7-5-3-2-4-6-8-10-12-14-16-18-20-25(23-26(28)32-24)33-34(29,30)31-22-21-27/h7,9,15,17,24-25H,2-6,8,10-14,16,18-23,27H2,1H3,(H,29,30)/b9-7+,17-15+/t24-,25-/m0/s1. The fraction of sp³-hybridized carbons (Fsp3) is 0.808. The fourth-order valence-corrected chi connectivity index (χ4v) is 4.92. The van der Waals surface area contributed by atoms with Gasteiger partial charge in [0, 0.05) is 13.0 Å². The van der Waals surface area contributed by atoms with Gasteiger partial charge in [0.15, 0.2) is 0 Å². The van der Waals surface area contributed by atoms with E-state index in [1.165, 1.54) is 51.4 Å². The van der Waals surface area contributed by atoms with Gasteiger partial charge >= 0.3 is 13.8 Å². The summed E-state index contributed by atoms with van der Waals surface area (Å²) in [7, 11) is -4.26. The lowest BCUT2D eigenvalue weighted by atomic mass is 10.0. The minimum atomic E-state index is -4.26. The molecule has 3 N–H and O–H groups in total. The maximum Gasteiger partial charge on any atom is 0.472 e. The summed E-state index contributed by atoms with van der Waals surface area (Å²) in [5.41, 5.74) is 5.35. The van der Waals surface area contributed by atoms with Gasteiger partial charge in [0.05, 0.1) is 19.1 Å². The molecule has 34 heavy (non-hydrogen) atoms. The van der Waals surface area contributed by atoms with E-state index in [0.29, 0.717) is 12.8 Å². The van der Waals surface area contributed by atoms with Crippen LogP contribution in [-0.4, -0.2) is 36.2 Å². The van der Waals surface area contributed by atoms with E-state index in [-0.39, 0.29) is 25.7 Å². The van der Waals surface area contributed by atoms with Crippen LogP contribution in [0.4, 0.5) is 0 Å². The molecule has 1 unspecified atom stereocenters. The summed E-state index contributed by atoms with van der Waals surface area (Å²) >= 11 is 0. The summed E-state index contributed by atoms with van der Waals surface area (Å²) in [5.74, 6) is -0.429. The molecule has 3 atom stereocenters. The molecule has 0 bridgehead atoms. The van der Waals surface area contributed by atoms with E-state index in [4.69, 9.17) is 19.5 Å². The van der Waals surface area contributed by atoms with Gasteiger partial charge in [-0.1, -0.05) is 82.1 Å². The van der Waals surface area contributed by atoms with Crippen LogP contribution in [0.2, 0.25) is 0 Å². The van der Waals surface area contributed by atoms with Gasteiger partial charge in [-0.3, -0.25) is 13.8 Å². The molecular formula is C26H48NO6P. The van der Waals surface area contributed by atoms with Crippen molar-refractivity contribution in [3.05, 3.63) is 24.3 Å². The number of rotatable bonds is 5. The molecule has 7 nitrogen and oxygen atoms in total. The Hall–Kier alpha value is -0.980. The molecule has 8 heteroatoms. The lowest BCUT2D eigenvalue weighted by Gasteiger charge is -2.21. The third kappa shape index (κ3) is 18.4. The highest BCUT2D eigenvalue weighted by molar-refractivity contribution is 7.47. The number of ether oxygens (including phenoxy) is 1. The van der Waals surface area contributed by atoms with Crippen LogP contribution in [0.1, 0.15) is 110 Å². The number of allylic oxidation sites excluding steroid dienone is 3. The van der Waals surface area contributed by atoms with E-state index in [9.17, 15) is 14.3 Å². The Balaban J connectivity index is 2.61. The maximum absolute atomic E-state index is 12.4. The van der Waals surface area contributed by atoms with Crippen molar-refractivity contribution in [2.45, 2.75) is 122 Å². The van der Waals surface area contributed by atoms with Gasteiger partial charge in [-0.25, -0.2) is 4.57 Å². The number of hydrogen-bond donors (Lipinski definition) is 2. The van der Waals surface area contributed by atoms with Crippen molar-refractivity contribution >= 4 is 13.8 Å². The summed E-state index contributed by atoms with van der Waals surface area (Å²) in [4.78, 5) is 22.4. The van der Waals surface area contributed by atoms with Crippen LogP contribution in [0.3, 0.4) is 0 Å². The third-order valence-electron chi connectivity index (χ3n) is 5.83. The first-order valence-electron chi connectivity index (χ1n) is 13.3. The minimum absolute atomic E-state index is 0.0740. The maximum atomic E-state index is 12.4. The Morgan fingerprint density at radius 2 is 1.50 bits per heavy atom. The van der Waals surface area contributed by atoms with Crippen molar-refractivity contribution in [2.75, 3.05) is 13.2 Å². The van der Waals surface area contributed by atoms with Crippen molar-refractivity contribution in [1.29, 1.82) is 0 Å². The van der Waals surface area contributed by atoms with Crippen LogP contribution >= 0.6 is 7.82 Å². The second-order valence-corrected chi connectivity index (χ2v) is 10.6. The van der Waals surface area contributed by atoms with E-state index >= 15 is 0 Å². The average Bonchev–Trinajstić information content (AvgIpc) is 2.78. The summed E-state index contributed by atoms with van der Waals surface area (Å²) in [6, 6.07) is 0. The second kappa shape index (κ2) is 20.2. The molecule has 1 heterocycles. The van der Waals surface area contributed by atoms with Gasteiger partial charge in [-0.05, 0) is 39.0 Å². The number of esters is 1. The first-order valence-corrected chi connectivity index (χ1v) is 14.8. The summed E-state index contributed by atoms with van der Waals surface area (Å²) in [5, 5.41) is 0. The average molecular weight is 502 g/mol. The van der Waals surface area contributed by atoms with Crippen LogP contribution in [0.15, 0.2) is 24.3 Å². The lowest BCUT2D eigenvalue weighted by Crippen LogP contribution is -2.22. The molecule has 1 aliphatic heterocycles. The number of carbonyl (C=O) groups excluding carboxylic acids is 1. The first kappa shape index (κ1) is 31.1. The molecule has 0 aromatic rings. The van der Waals surface area contributed by atoms with E-state index in [1.54, 1.807) is 0 Å². The van der Waals surface area contributed by atoms with Crippen LogP contribution in [0, 0.1) is 0 Å². The zero-order chi connectivity index (χ0) is 24.9. The van der Waals surface area contributed by atoms with Crippen LogP contribution in [0.25, 0.3) is 0 Å². The van der Waals surface area contributed by atoms with Gasteiger partial charge in [0.25, 0.3) is 0 Å². The van der Waals surface area contributed by atoms with E-state index in [0.717, 1.165) is 32.1 Å². The van der Waals surface area contributed by atoms with Crippen LogP contribution < -0.4 is 5.73 Å². The smallest absolute Gasteiger partial charge is 0.462 e. The van der Waals surface area contributed by atoms with Gasteiger partial charge in [0.2, 0.25) is 0 Å². The third-order valence-corrected chi connectivity index (χ3v) is 6.90. The highest BCUT2D eigenvalue weighted by Crippen LogP contribution is 2.45. The summed E-state index contributed by atoms with van der Waals surface area (Å²) in [6.45, 7) is 1.88. The SMILES string of the molecule is C[C@H]1C/C=C/CC/C=C/CCCCCCCCCCCC[C@H](OP(=O)(O)OCCN)CC(=O)O1. The van der Waals surface area contributed by atoms with Crippen molar-refractivity contribution < 1.29 is 28.0 Å². The molecule has 0 spiro atoms. The van der Waals surface area contributed by atoms with Crippen molar-refractivity contribution in [3.8, 4) is 0 Å². The molecule has 0 aliphatic carbocycles. The zero-order valence-electron chi connectivity index (χ0n) is 21.2. The first-order chi connectivity index (χ1) is 16.4. The largest absolute Gasteiger partial charge is 0.472 e. The molecule has 198 valence electrons. The van der Waals surface area contributed by atoms with E-state index in [2.05, 4.69) is 18.2 Å². The number of phosphoric acid groups is 1. The molecule has 0 aromatic carbocycles. The van der Waals surface area contributed by atoms with Crippen molar-refractivity contribution in [2.24, 2.45) is 5.73 Å². The lowest BCUT2D eigenvalue weighted by molar-refractivity contribution is -0.150. The predicted octanol–water partition coefficient (Wildman–Crippen LogP) is 6.75. The van der Waals surface area contributed by atoms with Crippen LogP contribution in [-0.2, 0) is 23.1 Å². The van der Waals surface area contributed by atoms with Gasteiger partial charge in [-0.15, -0.1) is 0 Å². The molecule has 1 rings (SSSR count). The molecular weight excluding hydrogens is 453 g/mol. The van der Waals surface area contributed by atoms with Gasteiger partial charge in [-0.2, -0.15) is 0 Å². The minimum Gasteiger partial charge on any atom is -0.462 e. The monoisotopic (exact) mass is 501 g/mol. The second-order valence-electron chi connectivity index (χ2n) is 9.19. The number of phosphoric ester groups is 1. The number of cyclic esters (lactones) is 1. The highest BCUT2D eigenvalue weighted by Gasteiger charge is 2.28. The topological polar surface area (TPSA) is 108 Å². The number of hydrogen-bond acceptors (Lipinski definition) is 6. The highest BCUT2D eigenvalue weighted by atomic mass is 31.2. The van der Waals surface area contributed by atoms with Crippen molar-refractivity contribution in [3.63, 3.8) is 0 Å². The quantitative estimate of drug-likeness (QED) is 0.244. The fourth-order valence-electron chi connectivity index (χ4n) is 3.97. The zero-order valence-corrected chi connectivity index (χ0v) is 22.1. The molecule has 1 aliphatic rings. The molecule has 0 radical (unpaired) electrons. The van der Waals surface area contributed by atoms with Gasteiger partial charge < -0.3 is 15.4 Å². The van der Waals surface area contributed by atoms with Gasteiger partial charge in [0.1, 0.15) is 6.10 Å². The Kier molecular flexibility index (Phi) is 18.5. The molecule has 0 amide bonds. The predicted molar refractivity (Wildman–Crippen MR) is 137 cm³/mol. The normalized spacial score (nSPS) is 27.6. The Labute approximate surface area is 207 Å². The summed E-state index contributed by atoms with van der Waals surface area (Å²) < 4.78 is 27.9. The molecule has 0 fully saturated rings. The number of nitrogens with two attached hydrogens (primary N) is 1. The van der Waals surface area contributed by atoms with E-state index < -0.39 is 19.9 Å². The van der Waals surface area contributed by atoms with Crippen LogP contribution in [0.5, 0.6) is 0 Å². The molecule has 0 aromatic heterocycles. The molecule has 0 saturated carbocycles.